The minimum atomic E-state index is -4.40. The van der Waals surface area contributed by atoms with E-state index < -0.39 is 16.9 Å². The zero-order valence-electron chi connectivity index (χ0n) is 8.79. The number of benzene rings is 1. The molecule has 2 aromatic rings. The Morgan fingerprint density at radius 1 is 1.11 bits per heavy atom. The summed E-state index contributed by atoms with van der Waals surface area (Å²) in [6.07, 6.45) is -4.04. The van der Waals surface area contributed by atoms with Gasteiger partial charge in [0, 0.05) is 0 Å². The smallest absolute Gasteiger partial charge is 0.298 e. The first kappa shape index (κ1) is 12.8. The fraction of sp³-hybridized carbons (Fsp3) is 0.0833. The quantitative estimate of drug-likeness (QED) is 0.586. The molecule has 0 atom stereocenters. The lowest BCUT2D eigenvalue weighted by Crippen LogP contribution is -2.00. The fourth-order valence-electron chi connectivity index (χ4n) is 1.44. The molecule has 0 unspecified atom stereocenters. The molecule has 0 saturated heterocycles. The van der Waals surface area contributed by atoms with Crippen molar-refractivity contribution in [3.63, 3.8) is 0 Å². The fourth-order valence-corrected chi connectivity index (χ4v) is 2.23. The number of hydrogen-bond acceptors (Lipinski definition) is 2. The van der Waals surface area contributed by atoms with Gasteiger partial charge in [-0.05, 0) is 34.7 Å². The van der Waals surface area contributed by atoms with Gasteiger partial charge in [0.1, 0.15) is 10.7 Å². The van der Waals surface area contributed by atoms with Crippen LogP contribution in [0, 0.1) is 5.82 Å². The molecule has 18 heavy (non-hydrogen) atoms. The zero-order valence-corrected chi connectivity index (χ0v) is 9.61. The number of carbonyl (C=O) groups excluding carboxylic acids is 1. The van der Waals surface area contributed by atoms with Crippen molar-refractivity contribution in [1.82, 2.24) is 0 Å². The Kier molecular flexibility index (Phi) is 3.21. The molecule has 0 aliphatic heterocycles. The second-order valence-corrected chi connectivity index (χ2v) is 4.46. The predicted octanol–water partition coefficient (Wildman–Crippen LogP) is 4.39. The van der Waals surface area contributed by atoms with Crippen molar-refractivity contribution < 1.29 is 22.4 Å². The Labute approximate surface area is 104 Å². The molecule has 0 amide bonds. The maximum Gasteiger partial charge on any atom is 0.425 e. The van der Waals surface area contributed by atoms with Gasteiger partial charge in [0.05, 0.1) is 5.56 Å². The van der Waals surface area contributed by atoms with Crippen LogP contribution in [0.5, 0.6) is 0 Å². The Hall–Kier alpha value is -1.69. The topological polar surface area (TPSA) is 17.1 Å². The van der Waals surface area contributed by atoms with Crippen LogP contribution in [0.3, 0.4) is 0 Å². The van der Waals surface area contributed by atoms with Gasteiger partial charge in [-0.25, -0.2) is 4.39 Å². The number of halogens is 4. The second kappa shape index (κ2) is 4.53. The van der Waals surface area contributed by atoms with E-state index in [-0.39, 0.29) is 11.1 Å². The van der Waals surface area contributed by atoms with Gasteiger partial charge in [0.25, 0.3) is 0 Å². The normalized spacial score (nSPS) is 11.6. The minimum absolute atomic E-state index is 0.120. The van der Waals surface area contributed by atoms with Crippen LogP contribution in [0.25, 0.3) is 11.1 Å². The highest BCUT2D eigenvalue weighted by atomic mass is 32.1. The van der Waals surface area contributed by atoms with Crippen LogP contribution in [-0.2, 0) is 6.18 Å². The lowest BCUT2D eigenvalue weighted by atomic mass is 10.1. The van der Waals surface area contributed by atoms with Crippen LogP contribution in [0.15, 0.2) is 29.6 Å². The molecule has 0 aliphatic rings. The second-order valence-electron chi connectivity index (χ2n) is 3.55. The number of hydrogen-bond donors (Lipinski definition) is 0. The molecule has 1 aromatic carbocycles. The maximum absolute atomic E-state index is 13.3. The highest BCUT2D eigenvalue weighted by Crippen LogP contribution is 2.37. The van der Waals surface area contributed by atoms with E-state index in [2.05, 4.69) is 0 Å². The third kappa shape index (κ3) is 2.43. The molecule has 0 aliphatic carbocycles. The molecular weight excluding hydrogens is 268 g/mol. The highest BCUT2D eigenvalue weighted by Gasteiger charge is 2.32. The van der Waals surface area contributed by atoms with Crippen molar-refractivity contribution in [2.24, 2.45) is 0 Å². The molecule has 1 heterocycles. The number of rotatable bonds is 2. The molecule has 2 rings (SSSR count). The summed E-state index contributed by atoms with van der Waals surface area (Å²) in [4.78, 5) is 9.69. The van der Waals surface area contributed by atoms with Crippen molar-refractivity contribution in [3.8, 4) is 11.1 Å². The summed E-state index contributed by atoms with van der Waals surface area (Å²) < 4.78 is 50.5. The van der Waals surface area contributed by atoms with Crippen LogP contribution >= 0.6 is 11.3 Å². The summed E-state index contributed by atoms with van der Waals surface area (Å²) in [5.41, 5.74) is 0.471. The summed E-state index contributed by atoms with van der Waals surface area (Å²) in [5.74, 6) is -0.748. The van der Waals surface area contributed by atoms with E-state index >= 15 is 0 Å². The zero-order chi connectivity index (χ0) is 13.3. The van der Waals surface area contributed by atoms with Crippen LogP contribution in [0.4, 0.5) is 17.6 Å². The van der Waals surface area contributed by atoms with E-state index in [1.165, 1.54) is 17.5 Å². The SMILES string of the molecule is O=Cc1ccc(-c2csc(C(F)(F)F)c2)cc1F. The van der Waals surface area contributed by atoms with Crippen molar-refractivity contribution in [1.29, 1.82) is 0 Å². The molecule has 1 nitrogen and oxygen atoms in total. The summed E-state index contributed by atoms with van der Waals surface area (Å²) in [5, 5.41) is 1.30. The minimum Gasteiger partial charge on any atom is -0.298 e. The van der Waals surface area contributed by atoms with E-state index in [9.17, 15) is 22.4 Å². The molecule has 0 fully saturated rings. The van der Waals surface area contributed by atoms with Gasteiger partial charge in [-0.2, -0.15) is 13.2 Å². The number of aldehydes is 1. The van der Waals surface area contributed by atoms with Gasteiger partial charge in [-0.1, -0.05) is 6.07 Å². The summed E-state index contributed by atoms with van der Waals surface area (Å²) in [6.45, 7) is 0. The molecule has 0 bridgehead atoms. The molecule has 0 radical (unpaired) electrons. The molecular formula is C12H6F4OS. The maximum atomic E-state index is 13.3. The van der Waals surface area contributed by atoms with Crippen LogP contribution in [-0.4, -0.2) is 6.29 Å². The van der Waals surface area contributed by atoms with Gasteiger partial charge in [-0.3, -0.25) is 4.79 Å². The van der Waals surface area contributed by atoms with Crippen LogP contribution in [0.1, 0.15) is 15.2 Å². The van der Waals surface area contributed by atoms with E-state index in [4.69, 9.17) is 0 Å². The third-order valence-corrected chi connectivity index (χ3v) is 3.31. The molecule has 0 spiro atoms. The Bertz CT molecular complexity index is 586. The summed E-state index contributed by atoms with van der Waals surface area (Å²) in [6, 6.07) is 4.66. The van der Waals surface area contributed by atoms with E-state index in [0.29, 0.717) is 23.2 Å². The lowest BCUT2D eigenvalue weighted by Gasteiger charge is -2.01. The van der Waals surface area contributed by atoms with E-state index in [0.717, 1.165) is 12.1 Å². The van der Waals surface area contributed by atoms with E-state index in [1.807, 2.05) is 0 Å². The van der Waals surface area contributed by atoms with Crippen molar-refractivity contribution in [2.75, 3.05) is 0 Å². The highest BCUT2D eigenvalue weighted by molar-refractivity contribution is 7.10. The van der Waals surface area contributed by atoms with Crippen LogP contribution < -0.4 is 0 Å². The molecule has 1 aromatic heterocycles. The van der Waals surface area contributed by atoms with Gasteiger partial charge >= 0.3 is 6.18 Å². The third-order valence-electron chi connectivity index (χ3n) is 2.34. The first-order valence-electron chi connectivity index (χ1n) is 4.82. The Morgan fingerprint density at radius 2 is 1.83 bits per heavy atom. The number of thiophene rings is 1. The van der Waals surface area contributed by atoms with Crippen molar-refractivity contribution in [3.05, 3.63) is 45.9 Å². The Balaban J connectivity index is 2.40. The standard InChI is InChI=1S/C12H6F4OS/c13-10-3-7(1-2-8(10)5-17)9-4-11(18-6-9)12(14,15)16/h1-6H. The molecule has 0 saturated carbocycles. The van der Waals surface area contributed by atoms with Gasteiger partial charge < -0.3 is 0 Å². The van der Waals surface area contributed by atoms with Crippen LogP contribution in [0.2, 0.25) is 0 Å². The van der Waals surface area contributed by atoms with Gasteiger partial charge in [0.2, 0.25) is 0 Å². The lowest BCUT2D eigenvalue weighted by molar-refractivity contribution is -0.134. The largest absolute Gasteiger partial charge is 0.425 e. The van der Waals surface area contributed by atoms with Gasteiger partial charge in [-0.15, -0.1) is 11.3 Å². The average Bonchev–Trinajstić information content (AvgIpc) is 2.77. The monoisotopic (exact) mass is 274 g/mol. The molecule has 6 heteroatoms. The Morgan fingerprint density at radius 3 is 2.33 bits per heavy atom. The molecule has 94 valence electrons. The number of alkyl halides is 3. The predicted molar refractivity (Wildman–Crippen MR) is 60.1 cm³/mol. The summed E-state index contributed by atoms with van der Waals surface area (Å²) in [7, 11) is 0. The van der Waals surface area contributed by atoms with Crippen molar-refractivity contribution >= 4 is 17.6 Å². The van der Waals surface area contributed by atoms with Gasteiger partial charge in [0.15, 0.2) is 6.29 Å². The number of carbonyl (C=O) groups is 1. The first-order valence-corrected chi connectivity index (χ1v) is 5.70. The van der Waals surface area contributed by atoms with E-state index in [1.54, 1.807) is 0 Å². The summed E-state index contributed by atoms with van der Waals surface area (Å²) >= 11 is 0.550. The average molecular weight is 274 g/mol. The van der Waals surface area contributed by atoms with Crippen molar-refractivity contribution in [2.45, 2.75) is 6.18 Å². The molecule has 0 N–H and O–H groups in total. The first-order chi connectivity index (χ1) is 8.41.